The lowest BCUT2D eigenvalue weighted by Crippen LogP contribution is -2.28. The highest BCUT2D eigenvalue weighted by molar-refractivity contribution is 9.10. The average molecular weight is 441 g/mol. The monoisotopic (exact) mass is 440 g/mol. The molecule has 0 radical (unpaired) electrons. The number of esters is 2. The number of hydrogen-bond donors (Lipinski definition) is 0. The van der Waals surface area contributed by atoms with Gasteiger partial charge in [0.25, 0.3) is 0 Å². The molecule has 2 aromatic carbocycles. The first-order valence-corrected chi connectivity index (χ1v) is 9.72. The zero-order chi connectivity index (χ0) is 19.7. The van der Waals surface area contributed by atoms with Crippen molar-refractivity contribution in [3.63, 3.8) is 0 Å². The van der Waals surface area contributed by atoms with Gasteiger partial charge in [0.1, 0.15) is 17.3 Å². The molecule has 28 heavy (non-hydrogen) atoms. The van der Waals surface area contributed by atoms with Gasteiger partial charge in [-0.25, -0.2) is 9.59 Å². The van der Waals surface area contributed by atoms with Gasteiger partial charge in [-0.15, -0.1) is 0 Å². The van der Waals surface area contributed by atoms with Crippen molar-refractivity contribution in [3.8, 4) is 5.75 Å². The zero-order valence-electron chi connectivity index (χ0n) is 15.1. The lowest BCUT2D eigenvalue weighted by atomic mass is 9.82. The summed E-state index contributed by atoms with van der Waals surface area (Å²) < 4.78 is 17.5. The molecule has 0 amide bonds. The SMILES string of the molecule is CCOC(=O)/C=C1\C[C@@H]2C(=C(c3ccccc3)O1)C(=O)Oc1ccc(Br)cc12. The van der Waals surface area contributed by atoms with E-state index in [1.165, 1.54) is 6.08 Å². The molecular weight excluding hydrogens is 424 g/mol. The minimum absolute atomic E-state index is 0.279. The highest BCUT2D eigenvalue weighted by atomic mass is 79.9. The van der Waals surface area contributed by atoms with Gasteiger partial charge >= 0.3 is 11.9 Å². The Balaban J connectivity index is 1.88. The maximum Gasteiger partial charge on any atom is 0.343 e. The lowest BCUT2D eigenvalue weighted by molar-refractivity contribution is -0.137. The maximum absolute atomic E-state index is 12.8. The summed E-state index contributed by atoms with van der Waals surface area (Å²) >= 11 is 3.48. The fraction of sp³-hybridized carbons (Fsp3) is 0.182. The Labute approximate surface area is 170 Å². The summed E-state index contributed by atoms with van der Waals surface area (Å²) in [6, 6.07) is 14.9. The van der Waals surface area contributed by atoms with Gasteiger partial charge in [0.15, 0.2) is 0 Å². The topological polar surface area (TPSA) is 61.8 Å². The molecule has 6 heteroatoms. The molecule has 142 valence electrons. The number of benzene rings is 2. The van der Waals surface area contributed by atoms with Gasteiger partial charge in [0, 0.05) is 27.9 Å². The number of rotatable bonds is 3. The van der Waals surface area contributed by atoms with E-state index in [2.05, 4.69) is 15.9 Å². The first-order chi connectivity index (χ1) is 13.6. The Kier molecular flexibility index (Phi) is 5.05. The molecule has 0 aliphatic carbocycles. The Morgan fingerprint density at radius 1 is 1.21 bits per heavy atom. The Bertz CT molecular complexity index is 1010. The van der Waals surface area contributed by atoms with Crippen molar-refractivity contribution in [2.45, 2.75) is 19.3 Å². The van der Waals surface area contributed by atoms with Gasteiger partial charge in [-0.2, -0.15) is 0 Å². The van der Waals surface area contributed by atoms with Crippen LogP contribution in [0.5, 0.6) is 5.75 Å². The molecule has 0 spiro atoms. The maximum atomic E-state index is 12.8. The van der Waals surface area contributed by atoms with Crippen molar-refractivity contribution >= 4 is 33.6 Å². The van der Waals surface area contributed by atoms with Crippen LogP contribution >= 0.6 is 15.9 Å². The van der Waals surface area contributed by atoms with Gasteiger partial charge in [-0.1, -0.05) is 46.3 Å². The summed E-state index contributed by atoms with van der Waals surface area (Å²) in [4.78, 5) is 24.8. The summed E-state index contributed by atoms with van der Waals surface area (Å²) in [7, 11) is 0. The van der Waals surface area contributed by atoms with Crippen LogP contribution < -0.4 is 4.74 Å². The number of ether oxygens (including phenoxy) is 3. The van der Waals surface area contributed by atoms with Crippen molar-refractivity contribution in [1.82, 2.24) is 0 Å². The molecule has 0 saturated carbocycles. The number of fused-ring (bicyclic) bond motifs is 3. The van der Waals surface area contributed by atoms with Gasteiger partial charge in [0.05, 0.1) is 18.3 Å². The van der Waals surface area contributed by atoms with Crippen LogP contribution in [0.1, 0.15) is 30.4 Å². The Morgan fingerprint density at radius 2 is 2.00 bits per heavy atom. The fourth-order valence-electron chi connectivity index (χ4n) is 3.44. The van der Waals surface area contributed by atoms with Crippen molar-refractivity contribution < 1.29 is 23.8 Å². The van der Waals surface area contributed by atoms with Crippen molar-refractivity contribution in [3.05, 3.63) is 81.5 Å². The number of carbonyl (C=O) groups excluding carboxylic acids is 2. The minimum atomic E-state index is -0.471. The fourth-order valence-corrected chi connectivity index (χ4v) is 3.82. The molecule has 0 bridgehead atoms. The van der Waals surface area contributed by atoms with Gasteiger partial charge < -0.3 is 14.2 Å². The second-order valence-corrected chi connectivity index (χ2v) is 7.32. The Morgan fingerprint density at radius 3 is 2.75 bits per heavy atom. The highest BCUT2D eigenvalue weighted by Crippen LogP contribution is 2.48. The molecule has 0 fully saturated rings. The van der Waals surface area contributed by atoms with Crippen LogP contribution in [0.4, 0.5) is 0 Å². The standard InChI is InChI=1S/C22H17BrO5/c1-2-26-19(24)12-15-11-17-16-10-14(23)8-9-18(16)28-22(25)20(17)21(27-15)13-6-4-3-5-7-13/h3-10,12,17H,2,11H2,1H3/b15-12+/t17-/m0/s1. The molecule has 2 aromatic rings. The van der Waals surface area contributed by atoms with Crippen LogP contribution in [0.15, 0.2) is 70.4 Å². The molecule has 4 rings (SSSR count). The van der Waals surface area contributed by atoms with Crippen LogP contribution in [0.25, 0.3) is 5.76 Å². The number of allylic oxidation sites excluding steroid dienone is 1. The third-order valence-electron chi connectivity index (χ3n) is 4.60. The predicted molar refractivity (Wildman–Crippen MR) is 106 cm³/mol. The minimum Gasteiger partial charge on any atom is -0.463 e. The molecule has 0 unspecified atom stereocenters. The molecule has 0 saturated heterocycles. The van der Waals surface area contributed by atoms with Gasteiger partial charge in [-0.05, 0) is 25.1 Å². The van der Waals surface area contributed by atoms with E-state index in [1.807, 2.05) is 42.5 Å². The average Bonchev–Trinajstić information content (AvgIpc) is 2.69. The van der Waals surface area contributed by atoms with E-state index in [-0.39, 0.29) is 12.5 Å². The number of halogens is 1. The molecule has 0 aromatic heterocycles. The van der Waals surface area contributed by atoms with E-state index in [0.717, 1.165) is 15.6 Å². The highest BCUT2D eigenvalue weighted by Gasteiger charge is 2.40. The van der Waals surface area contributed by atoms with E-state index in [1.54, 1.807) is 13.0 Å². The molecule has 0 N–H and O–H groups in total. The van der Waals surface area contributed by atoms with E-state index < -0.39 is 11.9 Å². The Hall–Kier alpha value is -2.86. The summed E-state index contributed by atoms with van der Waals surface area (Å²) in [5.74, 6) is 0.190. The van der Waals surface area contributed by atoms with E-state index in [4.69, 9.17) is 14.2 Å². The summed E-state index contributed by atoms with van der Waals surface area (Å²) in [6.45, 7) is 2.03. The summed E-state index contributed by atoms with van der Waals surface area (Å²) in [5, 5.41) is 0. The summed E-state index contributed by atoms with van der Waals surface area (Å²) in [6.07, 6.45) is 1.71. The molecule has 2 aliphatic rings. The van der Waals surface area contributed by atoms with E-state index in [9.17, 15) is 9.59 Å². The quantitative estimate of drug-likeness (QED) is 0.392. The van der Waals surface area contributed by atoms with E-state index >= 15 is 0 Å². The van der Waals surface area contributed by atoms with Gasteiger partial charge in [-0.3, -0.25) is 0 Å². The predicted octanol–water partition coefficient (Wildman–Crippen LogP) is 4.73. The van der Waals surface area contributed by atoms with Crippen LogP contribution in [-0.4, -0.2) is 18.5 Å². The molecule has 2 heterocycles. The van der Waals surface area contributed by atoms with Gasteiger partial charge in [0.2, 0.25) is 0 Å². The first-order valence-electron chi connectivity index (χ1n) is 8.93. The number of carbonyl (C=O) groups is 2. The van der Waals surface area contributed by atoms with E-state index in [0.29, 0.717) is 29.3 Å². The smallest absolute Gasteiger partial charge is 0.343 e. The molecule has 5 nitrogen and oxygen atoms in total. The normalized spacial score (nSPS) is 19.4. The van der Waals surface area contributed by atoms with Crippen LogP contribution in [0.3, 0.4) is 0 Å². The van der Waals surface area contributed by atoms with Crippen LogP contribution in [0, 0.1) is 0 Å². The van der Waals surface area contributed by atoms with Crippen molar-refractivity contribution in [2.75, 3.05) is 6.61 Å². The van der Waals surface area contributed by atoms with Crippen molar-refractivity contribution in [1.29, 1.82) is 0 Å². The zero-order valence-corrected chi connectivity index (χ0v) is 16.7. The number of hydrogen-bond acceptors (Lipinski definition) is 5. The van der Waals surface area contributed by atoms with Crippen molar-refractivity contribution in [2.24, 2.45) is 0 Å². The summed E-state index contributed by atoms with van der Waals surface area (Å²) in [5.41, 5.74) is 2.07. The third-order valence-corrected chi connectivity index (χ3v) is 5.10. The molecule has 1 atom stereocenters. The van der Waals surface area contributed by atoms with Crippen LogP contribution in [0.2, 0.25) is 0 Å². The largest absolute Gasteiger partial charge is 0.463 e. The second-order valence-electron chi connectivity index (χ2n) is 6.40. The molecular formula is C22H17BrO5. The molecule has 2 aliphatic heterocycles. The first kappa shape index (κ1) is 18.5. The van der Waals surface area contributed by atoms with Crippen LogP contribution in [-0.2, 0) is 19.1 Å². The lowest BCUT2D eigenvalue weighted by Gasteiger charge is -2.33. The third kappa shape index (κ3) is 3.47. The second kappa shape index (κ2) is 7.64.